The van der Waals surface area contributed by atoms with Gasteiger partial charge in [-0.15, -0.1) is 0 Å². The normalized spacial score (nSPS) is 24.7. The monoisotopic (exact) mass is 815 g/mol. The van der Waals surface area contributed by atoms with E-state index in [0.29, 0.717) is 48.2 Å². The van der Waals surface area contributed by atoms with Crippen molar-refractivity contribution in [1.29, 1.82) is 0 Å². The second kappa shape index (κ2) is 15.4. The van der Waals surface area contributed by atoms with E-state index >= 15 is 0 Å². The van der Waals surface area contributed by atoms with Crippen LogP contribution in [0.2, 0.25) is 0 Å². The zero-order valence-corrected chi connectivity index (χ0v) is 34.2. The zero-order chi connectivity index (χ0) is 41.1. The average Bonchev–Trinajstić information content (AvgIpc) is 3.98. The lowest BCUT2D eigenvalue weighted by atomic mass is 9.71. The van der Waals surface area contributed by atoms with Crippen LogP contribution >= 0.6 is 0 Å². The number of benzene rings is 2. The molecule has 0 radical (unpaired) electrons. The number of hydrogen-bond acceptors (Lipinski definition) is 12. The maximum absolute atomic E-state index is 12.7. The number of nitrogens with zero attached hydrogens (tertiary/aromatic N) is 8. The van der Waals surface area contributed by atoms with Crippen molar-refractivity contribution in [3.8, 4) is 0 Å². The van der Waals surface area contributed by atoms with Gasteiger partial charge in [0.1, 0.15) is 11.5 Å². The number of piperidine rings is 4. The number of nitrogens with one attached hydrogen (secondary N) is 2. The van der Waals surface area contributed by atoms with Crippen LogP contribution < -0.4 is 26.2 Å². The number of likely N-dealkylation sites (tertiary alicyclic amines) is 1. The van der Waals surface area contributed by atoms with E-state index in [0.717, 1.165) is 101 Å². The van der Waals surface area contributed by atoms with Gasteiger partial charge in [0.2, 0.25) is 11.8 Å². The van der Waals surface area contributed by atoms with Gasteiger partial charge >= 0.3 is 6.03 Å². The molecule has 314 valence electrons. The van der Waals surface area contributed by atoms with Gasteiger partial charge in [-0.25, -0.2) is 14.8 Å². The summed E-state index contributed by atoms with van der Waals surface area (Å²) in [6.45, 7) is 7.12. The lowest BCUT2D eigenvalue weighted by Crippen LogP contribution is -2.49. The van der Waals surface area contributed by atoms with Gasteiger partial charge < -0.3 is 35.2 Å². The summed E-state index contributed by atoms with van der Waals surface area (Å²) in [5.41, 5.74) is 12.1. The van der Waals surface area contributed by atoms with Crippen LogP contribution in [0.4, 0.5) is 27.8 Å². The number of likely N-dealkylation sites (N-methyl/N-ethyl adjacent to an activating group) is 1. The molecule has 2 unspecified atom stereocenters. The Morgan fingerprint density at radius 1 is 0.900 bits per heavy atom. The van der Waals surface area contributed by atoms with Crippen LogP contribution in [0.3, 0.4) is 0 Å². The minimum absolute atomic E-state index is 0.0709. The molecule has 0 saturated carbocycles. The zero-order valence-electron chi connectivity index (χ0n) is 34.2. The lowest BCUT2D eigenvalue weighted by Gasteiger charge is -2.48. The minimum atomic E-state index is -0.646. The summed E-state index contributed by atoms with van der Waals surface area (Å²) >= 11 is 0. The summed E-state index contributed by atoms with van der Waals surface area (Å²) in [4.78, 5) is 69.7. The summed E-state index contributed by atoms with van der Waals surface area (Å²) in [7, 11) is 1.84. The lowest BCUT2D eigenvalue weighted by molar-refractivity contribution is -0.134. The summed E-state index contributed by atoms with van der Waals surface area (Å²) < 4.78 is 5.91. The first kappa shape index (κ1) is 38.4. The highest BCUT2D eigenvalue weighted by molar-refractivity contribution is 6.02. The van der Waals surface area contributed by atoms with Gasteiger partial charge in [0, 0.05) is 81.1 Å². The molecule has 0 bridgehead atoms. The number of urea groups is 1. The Hall–Kier alpha value is -5.77. The molecular formula is C44H53N11O5. The van der Waals surface area contributed by atoms with Crippen molar-refractivity contribution < 1.29 is 23.7 Å². The molecular weight excluding hydrogens is 763 g/mol. The molecule has 5 aliphatic heterocycles. The van der Waals surface area contributed by atoms with Gasteiger partial charge in [-0.2, -0.15) is 0 Å². The van der Waals surface area contributed by atoms with Crippen LogP contribution in [-0.2, 0) is 22.4 Å². The number of imide groups is 1. The third-order valence-electron chi connectivity index (χ3n) is 14.4. The fourth-order valence-electron chi connectivity index (χ4n) is 10.8. The highest BCUT2D eigenvalue weighted by Crippen LogP contribution is 2.44. The highest BCUT2D eigenvalue weighted by Gasteiger charge is 2.41. The molecule has 6 aliphatic rings. The number of rotatable bonds is 8. The fraction of sp³-hybridized carbons (Fsp3) is 0.523. The van der Waals surface area contributed by atoms with Crippen LogP contribution in [-0.4, -0.2) is 125 Å². The van der Waals surface area contributed by atoms with Crippen LogP contribution in [0.5, 0.6) is 0 Å². The molecule has 16 heteroatoms. The summed E-state index contributed by atoms with van der Waals surface area (Å²) in [5.74, 6) is -0.645. The SMILES string of the molecule is CN1CCN([C@@H]2CCCN(c3cnc(C(N)=O)c(Nc4ccc(N5CCC6(CC5)CCN(C5Cc7ccc8c(C9CCC(=O)NC9=O)noc8c7C5)CC6)cc4)n3)C2)C1=O. The summed E-state index contributed by atoms with van der Waals surface area (Å²) in [6, 6.07) is 13.1. The Labute approximate surface area is 348 Å². The smallest absolute Gasteiger partial charge is 0.320 e. The van der Waals surface area contributed by atoms with E-state index < -0.39 is 11.8 Å². The molecule has 5 amide bonds. The van der Waals surface area contributed by atoms with Crippen molar-refractivity contribution in [1.82, 2.24) is 35.1 Å². The number of nitrogens with two attached hydrogens (primary N) is 1. The van der Waals surface area contributed by atoms with Crippen LogP contribution in [0.25, 0.3) is 11.0 Å². The fourth-order valence-corrected chi connectivity index (χ4v) is 10.8. The van der Waals surface area contributed by atoms with Crippen molar-refractivity contribution in [2.24, 2.45) is 11.1 Å². The molecule has 2 aromatic carbocycles. The molecule has 1 aliphatic carbocycles. The third-order valence-corrected chi connectivity index (χ3v) is 14.4. The number of carbonyl (C=O) groups excluding carboxylic acids is 4. The molecule has 4 aromatic rings. The van der Waals surface area contributed by atoms with Crippen LogP contribution in [0.15, 0.2) is 47.1 Å². The Balaban J connectivity index is 0.736. The van der Waals surface area contributed by atoms with E-state index in [1.807, 2.05) is 30.1 Å². The first-order valence-corrected chi connectivity index (χ1v) is 21.6. The molecule has 16 nitrogen and oxygen atoms in total. The number of fused-ring (bicyclic) bond motifs is 3. The Morgan fingerprint density at radius 2 is 1.68 bits per heavy atom. The number of hydrogen-bond donors (Lipinski definition) is 3. The topological polar surface area (TPSA) is 186 Å². The molecule has 7 heterocycles. The third kappa shape index (κ3) is 7.07. The van der Waals surface area contributed by atoms with Gasteiger partial charge in [-0.05, 0) is 112 Å². The molecule has 4 N–H and O–H groups in total. The van der Waals surface area contributed by atoms with E-state index in [2.05, 4.69) is 53.7 Å². The largest absolute Gasteiger partial charge is 0.371 e. The van der Waals surface area contributed by atoms with E-state index in [1.54, 1.807) is 11.1 Å². The van der Waals surface area contributed by atoms with Gasteiger partial charge in [0.25, 0.3) is 5.91 Å². The number of anilines is 4. The second-order valence-corrected chi connectivity index (χ2v) is 17.8. The van der Waals surface area contributed by atoms with Crippen molar-refractivity contribution in [3.05, 3.63) is 65.1 Å². The Bertz CT molecular complexity index is 2330. The van der Waals surface area contributed by atoms with Crippen molar-refractivity contribution in [2.45, 2.75) is 82.2 Å². The molecule has 60 heavy (non-hydrogen) atoms. The first-order valence-electron chi connectivity index (χ1n) is 21.6. The van der Waals surface area contributed by atoms with Gasteiger partial charge in [0.15, 0.2) is 17.1 Å². The standard InChI is InChI=1S/C44H53N11O5/c1-51-21-22-55(43(51)59)30-3-2-16-54(26-30)35-25-46-38(40(45)57)41(48-35)47-28-5-7-29(8-6-28)52-17-12-44(13-18-52)14-19-53(20-15-44)31-23-27-4-9-32-37(50-60-39(32)34(27)24-31)33-10-11-36(56)49-42(33)58/h4-9,25,30-31,33H,2-3,10-24,26H2,1H3,(H2,45,57)(H,47,48)(H,49,56,58)/t30-,31?,33?/m1/s1. The molecule has 10 rings (SSSR count). The second-order valence-electron chi connectivity index (χ2n) is 17.8. The highest BCUT2D eigenvalue weighted by atomic mass is 16.5. The number of primary amides is 1. The van der Waals surface area contributed by atoms with Crippen LogP contribution in [0, 0.1) is 5.41 Å². The Morgan fingerprint density at radius 3 is 2.42 bits per heavy atom. The van der Waals surface area contributed by atoms with Gasteiger partial charge in [-0.3, -0.25) is 24.6 Å². The van der Waals surface area contributed by atoms with E-state index in [-0.39, 0.29) is 29.6 Å². The van der Waals surface area contributed by atoms with Crippen LogP contribution in [0.1, 0.15) is 84.6 Å². The van der Waals surface area contributed by atoms with E-state index in [1.165, 1.54) is 29.7 Å². The van der Waals surface area contributed by atoms with E-state index in [9.17, 15) is 19.2 Å². The van der Waals surface area contributed by atoms with E-state index in [4.69, 9.17) is 15.2 Å². The van der Waals surface area contributed by atoms with Crippen molar-refractivity contribution in [3.63, 3.8) is 0 Å². The summed E-state index contributed by atoms with van der Waals surface area (Å²) in [5, 5.41) is 11.0. The predicted octanol–water partition coefficient (Wildman–Crippen LogP) is 4.17. The first-order chi connectivity index (χ1) is 29.1. The molecule has 1 spiro atoms. The van der Waals surface area contributed by atoms with Gasteiger partial charge in [-0.1, -0.05) is 11.2 Å². The molecule has 5 fully saturated rings. The predicted molar refractivity (Wildman–Crippen MR) is 225 cm³/mol. The van der Waals surface area contributed by atoms with Gasteiger partial charge in [0.05, 0.1) is 18.2 Å². The average molecular weight is 816 g/mol. The quantitative estimate of drug-likeness (QED) is 0.216. The number of carbonyl (C=O) groups is 4. The summed E-state index contributed by atoms with van der Waals surface area (Å²) in [6.07, 6.45) is 10.9. The Kier molecular flexibility index (Phi) is 9.84. The molecule has 3 atom stereocenters. The van der Waals surface area contributed by atoms with Crippen molar-refractivity contribution >= 4 is 57.7 Å². The molecule has 5 saturated heterocycles. The maximum atomic E-state index is 12.7. The minimum Gasteiger partial charge on any atom is -0.371 e. The molecule has 2 aromatic heterocycles. The number of amides is 5. The number of aromatic nitrogens is 3. The maximum Gasteiger partial charge on any atom is 0.320 e. The van der Waals surface area contributed by atoms with Crippen molar-refractivity contribution in [2.75, 3.05) is 74.5 Å².